The van der Waals surface area contributed by atoms with Crippen LogP contribution in [0.3, 0.4) is 0 Å². The zero-order chi connectivity index (χ0) is 15.0. The van der Waals surface area contributed by atoms with Crippen molar-refractivity contribution in [3.8, 4) is 5.75 Å². The largest absolute Gasteiger partial charge is 0.491 e. The number of aliphatic hydroxyl groups is 1. The van der Waals surface area contributed by atoms with Crippen molar-refractivity contribution in [1.29, 1.82) is 0 Å². The maximum absolute atomic E-state index is 10.2. The molecule has 0 fully saturated rings. The van der Waals surface area contributed by atoms with E-state index in [2.05, 4.69) is 15.6 Å². The van der Waals surface area contributed by atoms with Crippen LogP contribution >= 0.6 is 0 Å². The highest BCUT2D eigenvalue weighted by atomic mass is 16.5. The Morgan fingerprint density at radius 3 is 2.70 bits per heavy atom. The van der Waals surface area contributed by atoms with Gasteiger partial charge in [0.2, 0.25) is 0 Å². The summed E-state index contributed by atoms with van der Waals surface area (Å²) in [7, 11) is 1.70. The minimum Gasteiger partial charge on any atom is -0.491 e. The molecule has 0 radical (unpaired) electrons. The van der Waals surface area contributed by atoms with Gasteiger partial charge in [-0.05, 0) is 38.5 Å². The number of guanidine groups is 1. The summed E-state index contributed by atoms with van der Waals surface area (Å²) in [4.78, 5) is 4.06. The Morgan fingerprint density at radius 1 is 1.35 bits per heavy atom. The predicted molar refractivity (Wildman–Crippen MR) is 82.2 cm³/mol. The molecule has 0 bridgehead atoms. The van der Waals surface area contributed by atoms with Crippen molar-refractivity contribution in [2.75, 3.05) is 20.1 Å². The Labute approximate surface area is 121 Å². The molecule has 0 aliphatic rings. The Hall–Kier alpha value is -1.75. The third kappa shape index (κ3) is 5.48. The lowest BCUT2D eigenvalue weighted by atomic mass is 10.1. The molecule has 3 N–H and O–H groups in total. The Kier molecular flexibility index (Phi) is 6.87. The number of aliphatic imine (C=N–C) groups is 1. The molecule has 1 aromatic rings. The molecular formula is C15H25N3O2. The summed E-state index contributed by atoms with van der Waals surface area (Å²) in [6, 6.07) is 7.52. The molecule has 1 atom stereocenters. The lowest BCUT2D eigenvalue weighted by Gasteiger charge is -2.16. The van der Waals surface area contributed by atoms with E-state index in [0.29, 0.717) is 12.5 Å². The highest BCUT2D eigenvalue weighted by molar-refractivity contribution is 5.79. The van der Waals surface area contributed by atoms with E-state index in [0.717, 1.165) is 17.9 Å². The number of hydrogen-bond donors (Lipinski definition) is 3. The molecule has 0 saturated heterocycles. The Bertz CT molecular complexity index is 433. The summed E-state index contributed by atoms with van der Waals surface area (Å²) >= 11 is 0. The van der Waals surface area contributed by atoms with Crippen LogP contribution in [0.4, 0.5) is 0 Å². The fourth-order valence-corrected chi connectivity index (χ4v) is 1.77. The topological polar surface area (TPSA) is 65.9 Å². The predicted octanol–water partition coefficient (Wildman–Crippen LogP) is 1.69. The first-order valence-electron chi connectivity index (χ1n) is 6.96. The molecule has 0 aliphatic heterocycles. The summed E-state index contributed by atoms with van der Waals surface area (Å²) in [5.41, 5.74) is 0.822. The molecular weight excluding hydrogens is 254 g/mol. The number of hydrogen-bond acceptors (Lipinski definition) is 3. The van der Waals surface area contributed by atoms with Crippen LogP contribution in [0.2, 0.25) is 0 Å². The second-order valence-corrected chi connectivity index (χ2v) is 4.74. The molecule has 0 heterocycles. The first-order valence-corrected chi connectivity index (χ1v) is 6.96. The molecule has 0 aliphatic carbocycles. The van der Waals surface area contributed by atoms with Crippen LogP contribution in [0.15, 0.2) is 29.3 Å². The second kappa shape index (κ2) is 8.43. The van der Waals surface area contributed by atoms with Crippen LogP contribution in [0.1, 0.15) is 32.4 Å². The zero-order valence-electron chi connectivity index (χ0n) is 12.7. The van der Waals surface area contributed by atoms with Crippen molar-refractivity contribution in [1.82, 2.24) is 10.6 Å². The molecule has 0 aromatic heterocycles. The molecule has 20 heavy (non-hydrogen) atoms. The van der Waals surface area contributed by atoms with Crippen molar-refractivity contribution in [2.45, 2.75) is 33.0 Å². The van der Waals surface area contributed by atoms with E-state index in [1.165, 1.54) is 0 Å². The van der Waals surface area contributed by atoms with Gasteiger partial charge >= 0.3 is 0 Å². The SMILES string of the molecule is CCNC(=NC)NCC(O)c1cccc(OC(C)C)c1. The lowest BCUT2D eigenvalue weighted by molar-refractivity contribution is 0.179. The summed E-state index contributed by atoms with van der Waals surface area (Å²) in [6.45, 7) is 7.13. The Balaban J connectivity index is 2.60. The maximum atomic E-state index is 10.2. The summed E-state index contributed by atoms with van der Waals surface area (Å²) < 4.78 is 5.62. The van der Waals surface area contributed by atoms with Gasteiger partial charge in [0.1, 0.15) is 5.75 Å². The molecule has 1 unspecified atom stereocenters. The smallest absolute Gasteiger partial charge is 0.191 e. The first kappa shape index (κ1) is 16.3. The van der Waals surface area contributed by atoms with E-state index in [1.54, 1.807) is 7.05 Å². The standard InChI is InChI=1S/C15H25N3O2/c1-5-17-15(16-4)18-10-14(19)12-7-6-8-13(9-12)20-11(2)3/h6-9,11,14,19H,5,10H2,1-4H3,(H2,16,17,18). The van der Waals surface area contributed by atoms with E-state index in [-0.39, 0.29) is 6.10 Å². The van der Waals surface area contributed by atoms with Crippen LogP contribution in [0, 0.1) is 0 Å². The lowest BCUT2D eigenvalue weighted by Crippen LogP contribution is -2.39. The van der Waals surface area contributed by atoms with Crippen LogP contribution in [-0.2, 0) is 0 Å². The van der Waals surface area contributed by atoms with E-state index in [1.807, 2.05) is 45.0 Å². The van der Waals surface area contributed by atoms with Gasteiger partial charge in [-0.2, -0.15) is 0 Å². The molecule has 1 rings (SSSR count). The van der Waals surface area contributed by atoms with Gasteiger partial charge in [-0.25, -0.2) is 0 Å². The highest BCUT2D eigenvalue weighted by Crippen LogP contribution is 2.19. The van der Waals surface area contributed by atoms with Crippen molar-refractivity contribution >= 4 is 5.96 Å². The fraction of sp³-hybridized carbons (Fsp3) is 0.533. The van der Waals surface area contributed by atoms with Gasteiger partial charge in [-0.15, -0.1) is 0 Å². The van der Waals surface area contributed by atoms with Crippen LogP contribution in [0.25, 0.3) is 0 Å². The number of ether oxygens (including phenoxy) is 1. The van der Waals surface area contributed by atoms with Crippen molar-refractivity contribution in [3.63, 3.8) is 0 Å². The average Bonchev–Trinajstić information content (AvgIpc) is 2.42. The quantitative estimate of drug-likeness (QED) is 0.548. The minimum atomic E-state index is -0.610. The van der Waals surface area contributed by atoms with Gasteiger partial charge in [0.05, 0.1) is 12.2 Å². The van der Waals surface area contributed by atoms with Gasteiger partial charge in [-0.3, -0.25) is 4.99 Å². The number of aliphatic hydroxyl groups excluding tert-OH is 1. The van der Waals surface area contributed by atoms with E-state index in [4.69, 9.17) is 4.74 Å². The molecule has 5 heteroatoms. The average molecular weight is 279 g/mol. The normalized spacial score (nSPS) is 13.2. The molecule has 0 spiro atoms. The van der Waals surface area contributed by atoms with Gasteiger partial charge in [-0.1, -0.05) is 12.1 Å². The van der Waals surface area contributed by atoms with Crippen molar-refractivity contribution < 1.29 is 9.84 Å². The molecule has 0 saturated carbocycles. The molecule has 1 aromatic carbocycles. The zero-order valence-corrected chi connectivity index (χ0v) is 12.7. The number of rotatable bonds is 6. The van der Waals surface area contributed by atoms with Crippen LogP contribution in [-0.4, -0.2) is 37.3 Å². The molecule has 5 nitrogen and oxygen atoms in total. The molecule has 112 valence electrons. The summed E-state index contributed by atoms with van der Waals surface area (Å²) in [6.07, 6.45) is -0.491. The van der Waals surface area contributed by atoms with Crippen LogP contribution < -0.4 is 15.4 Å². The van der Waals surface area contributed by atoms with Gasteiger partial charge in [0.25, 0.3) is 0 Å². The summed E-state index contributed by atoms with van der Waals surface area (Å²) in [5.74, 6) is 1.45. The van der Waals surface area contributed by atoms with Crippen LogP contribution in [0.5, 0.6) is 5.75 Å². The van der Waals surface area contributed by atoms with E-state index >= 15 is 0 Å². The second-order valence-electron chi connectivity index (χ2n) is 4.74. The first-order chi connectivity index (χ1) is 9.56. The van der Waals surface area contributed by atoms with E-state index < -0.39 is 6.10 Å². The summed E-state index contributed by atoms with van der Waals surface area (Å²) in [5, 5.41) is 16.3. The van der Waals surface area contributed by atoms with E-state index in [9.17, 15) is 5.11 Å². The van der Waals surface area contributed by atoms with Gasteiger partial charge in [0, 0.05) is 20.1 Å². The third-order valence-corrected chi connectivity index (χ3v) is 2.65. The number of nitrogens with one attached hydrogen (secondary N) is 2. The monoisotopic (exact) mass is 279 g/mol. The van der Waals surface area contributed by atoms with Gasteiger partial charge < -0.3 is 20.5 Å². The van der Waals surface area contributed by atoms with Crippen molar-refractivity contribution in [3.05, 3.63) is 29.8 Å². The Morgan fingerprint density at radius 2 is 2.10 bits per heavy atom. The molecule has 0 amide bonds. The maximum Gasteiger partial charge on any atom is 0.191 e. The van der Waals surface area contributed by atoms with Crippen molar-refractivity contribution in [2.24, 2.45) is 4.99 Å². The third-order valence-electron chi connectivity index (χ3n) is 2.65. The highest BCUT2D eigenvalue weighted by Gasteiger charge is 2.09. The fourth-order valence-electron chi connectivity index (χ4n) is 1.77. The number of nitrogens with zero attached hydrogens (tertiary/aromatic N) is 1. The number of benzene rings is 1. The minimum absolute atomic E-state index is 0.119. The van der Waals surface area contributed by atoms with Gasteiger partial charge in [0.15, 0.2) is 5.96 Å².